The van der Waals surface area contributed by atoms with Crippen molar-refractivity contribution in [2.45, 2.75) is 101 Å². The minimum absolute atomic E-state index is 0.0117. The van der Waals surface area contributed by atoms with E-state index in [-0.39, 0.29) is 35.4 Å². The molecule has 5 rings (SSSR count). The van der Waals surface area contributed by atoms with Gasteiger partial charge >= 0.3 is 5.97 Å². The zero-order valence-corrected chi connectivity index (χ0v) is 19.1. The second-order valence-electron chi connectivity index (χ2n) is 11.3. The maximum absolute atomic E-state index is 13.5. The van der Waals surface area contributed by atoms with Crippen molar-refractivity contribution in [3.05, 3.63) is 0 Å². The average molecular weight is 443 g/mol. The predicted molar refractivity (Wildman–Crippen MR) is 119 cm³/mol. The van der Waals surface area contributed by atoms with Crippen LogP contribution in [0.5, 0.6) is 0 Å². The van der Waals surface area contributed by atoms with Gasteiger partial charge in [0.1, 0.15) is 12.1 Å². The Labute approximate surface area is 191 Å². The first-order valence-electron chi connectivity index (χ1n) is 12.9. The fourth-order valence-electron chi connectivity index (χ4n) is 7.46. The van der Waals surface area contributed by atoms with E-state index in [1.165, 1.54) is 6.42 Å². The number of fused-ring (bicyclic) bond motifs is 3. The maximum Gasteiger partial charge on any atom is 0.323 e. The van der Waals surface area contributed by atoms with E-state index in [9.17, 15) is 14.9 Å². The highest BCUT2D eigenvalue weighted by atomic mass is 16.5. The van der Waals surface area contributed by atoms with E-state index in [0.29, 0.717) is 24.4 Å². The summed E-state index contributed by atoms with van der Waals surface area (Å²) in [5, 5.41) is 12.8. The van der Waals surface area contributed by atoms with Crippen molar-refractivity contribution in [3.8, 4) is 6.07 Å². The third kappa shape index (κ3) is 4.17. The summed E-state index contributed by atoms with van der Waals surface area (Å²) in [6.45, 7) is 1.35. The van der Waals surface area contributed by atoms with Crippen LogP contribution >= 0.6 is 0 Å². The minimum Gasteiger partial charge on any atom is -0.465 e. The number of nitrogens with two attached hydrogens (primary N) is 1. The SMILES string of the molecule is N#CC1CC2CC2N1C(=O)C(N)C12CCCC(CC(CCOC(=O)C3CCCCN3)C1)C2. The number of hydrogen-bond donors (Lipinski definition) is 2. The Bertz CT molecular complexity index is 776. The molecule has 0 aromatic rings. The Morgan fingerprint density at radius 3 is 2.84 bits per heavy atom. The van der Waals surface area contributed by atoms with Crippen LogP contribution in [0.15, 0.2) is 0 Å². The largest absolute Gasteiger partial charge is 0.465 e. The highest BCUT2D eigenvalue weighted by Crippen LogP contribution is 2.55. The van der Waals surface area contributed by atoms with E-state index in [1.54, 1.807) is 0 Å². The highest BCUT2D eigenvalue weighted by molar-refractivity contribution is 5.84. The van der Waals surface area contributed by atoms with E-state index >= 15 is 0 Å². The number of hydrogen-bond acceptors (Lipinski definition) is 6. The molecule has 1 amide bonds. The molecule has 5 fully saturated rings. The number of esters is 1. The first-order chi connectivity index (χ1) is 15.5. The molecule has 5 aliphatic rings. The lowest BCUT2D eigenvalue weighted by Gasteiger charge is -2.51. The molecule has 3 saturated carbocycles. The summed E-state index contributed by atoms with van der Waals surface area (Å²) in [5.41, 5.74) is 6.59. The van der Waals surface area contributed by atoms with Crippen LogP contribution in [-0.4, -0.2) is 54.1 Å². The number of carbonyl (C=O) groups excluding carboxylic acids is 2. The van der Waals surface area contributed by atoms with Crippen molar-refractivity contribution >= 4 is 11.9 Å². The van der Waals surface area contributed by atoms with Gasteiger partial charge in [0.05, 0.1) is 18.7 Å². The van der Waals surface area contributed by atoms with Crippen molar-refractivity contribution in [1.82, 2.24) is 10.2 Å². The zero-order chi connectivity index (χ0) is 22.3. The lowest BCUT2D eigenvalue weighted by Crippen LogP contribution is -2.58. The molecule has 8 unspecified atom stereocenters. The molecule has 0 aromatic heterocycles. The van der Waals surface area contributed by atoms with E-state index in [2.05, 4.69) is 11.4 Å². The Morgan fingerprint density at radius 2 is 2.06 bits per heavy atom. The summed E-state index contributed by atoms with van der Waals surface area (Å²) in [4.78, 5) is 27.7. The second-order valence-corrected chi connectivity index (χ2v) is 11.3. The molecular formula is C25H38N4O3. The predicted octanol–water partition coefficient (Wildman–Crippen LogP) is 2.49. The summed E-state index contributed by atoms with van der Waals surface area (Å²) in [6.07, 6.45) is 12.2. The lowest BCUT2D eigenvalue weighted by atomic mass is 9.55. The van der Waals surface area contributed by atoms with Crippen LogP contribution in [0.3, 0.4) is 0 Å². The van der Waals surface area contributed by atoms with E-state index in [1.807, 2.05) is 4.90 Å². The quantitative estimate of drug-likeness (QED) is 0.612. The normalized spacial score (nSPS) is 41.3. The number of piperidine rings is 2. The molecule has 7 heteroatoms. The number of likely N-dealkylation sites (tertiary alicyclic amines) is 1. The first kappa shape index (κ1) is 22.2. The molecule has 0 radical (unpaired) electrons. The van der Waals surface area contributed by atoms with Gasteiger partial charge in [0.2, 0.25) is 5.91 Å². The molecule has 2 saturated heterocycles. The van der Waals surface area contributed by atoms with Gasteiger partial charge in [0.15, 0.2) is 0 Å². The minimum atomic E-state index is -0.516. The van der Waals surface area contributed by atoms with Gasteiger partial charge in [-0.2, -0.15) is 5.26 Å². The van der Waals surface area contributed by atoms with Gasteiger partial charge in [-0.3, -0.25) is 9.59 Å². The number of nitrogens with zero attached hydrogens (tertiary/aromatic N) is 2. The fraction of sp³-hybridized carbons (Fsp3) is 0.880. The van der Waals surface area contributed by atoms with Crippen LogP contribution in [0.25, 0.3) is 0 Å². The Kier molecular flexibility index (Phi) is 6.19. The Balaban J connectivity index is 1.20. The zero-order valence-electron chi connectivity index (χ0n) is 19.1. The van der Waals surface area contributed by atoms with Crippen LogP contribution < -0.4 is 11.1 Å². The molecule has 3 N–H and O–H groups in total. The third-order valence-corrected chi connectivity index (χ3v) is 9.14. The van der Waals surface area contributed by atoms with Crippen molar-refractivity contribution in [2.75, 3.05) is 13.2 Å². The van der Waals surface area contributed by atoms with Crippen molar-refractivity contribution in [3.63, 3.8) is 0 Å². The molecular weight excluding hydrogens is 404 g/mol. The molecule has 2 heterocycles. The van der Waals surface area contributed by atoms with E-state index < -0.39 is 6.04 Å². The standard InChI is InChI=1S/C25H38N4O3/c26-15-19-11-18-12-21(18)29(19)23(30)22(27)25-7-3-4-16(13-25)10-17(14-25)6-9-32-24(31)20-5-1-2-8-28-20/h16-22,28H,1-14,27H2. The molecule has 32 heavy (non-hydrogen) atoms. The number of carbonyl (C=O) groups is 2. The highest BCUT2D eigenvalue weighted by Gasteiger charge is 2.57. The summed E-state index contributed by atoms with van der Waals surface area (Å²) in [5.74, 6) is 1.46. The van der Waals surface area contributed by atoms with Crippen molar-refractivity contribution in [1.29, 1.82) is 5.26 Å². The summed E-state index contributed by atoms with van der Waals surface area (Å²) in [7, 11) is 0. The smallest absolute Gasteiger partial charge is 0.323 e. The summed E-state index contributed by atoms with van der Waals surface area (Å²) < 4.78 is 5.63. The second kappa shape index (κ2) is 8.95. The molecule has 2 bridgehead atoms. The lowest BCUT2D eigenvalue weighted by molar-refractivity contribution is -0.147. The Hall–Kier alpha value is -1.65. The maximum atomic E-state index is 13.5. The van der Waals surface area contributed by atoms with Gasteiger partial charge in [0.25, 0.3) is 0 Å². The summed E-state index contributed by atoms with van der Waals surface area (Å²) in [6, 6.07) is 1.63. The number of ether oxygens (including phenoxy) is 1. The van der Waals surface area contributed by atoms with Gasteiger partial charge in [-0.25, -0.2) is 0 Å². The molecule has 3 aliphatic carbocycles. The van der Waals surface area contributed by atoms with Crippen LogP contribution in [0, 0.1) is 34.5 Å². The molecule has 0 spiro atoms. The molecule has 0 aromatic carbocycles. The monoisotopic (exact) mass is 442 g/mol. The molecule has 8 atom stereocenters. The summed E-state index contributed by atoms with van der Waals surface area (Å²) >= 11 is 0. The van der Waals surface area contributed by atoms with Crippen molar-refractivity contribution < 1.29 is 14.3 Å². The molecule has 7 nitrogen and oxygen atoms in total. The number of amides is 1. The average Bonchev–Trinajstić information content (AvgIpc) is 3.48. The molecule has 176 valence electrons. The van der Waals surface area contributed by atoms with Gasteiger partial charge in [-0.15, -0.1) is 0 Å². The van der Waals surface area contributed by atoms with Crippen LogP contribution in [0.2, 0.25) is 0 Å². The van der Waals surface area contributed by atoms with Gasteiger partial charge in [-0.05, 0) is 87.5 Å². The van der Waals surface area contributed by atoms with Gasteiger partial charge in [-0.1, -0.05) is 19.3 Å². The van der Waals surface area contributed by atoms with Crippen molar-refractivity contribution in [2.24, 2.45) is 28.9 Å². The third-order valence-electron chi connectivity index (χ3n) is 9.14. The van der Waals surface area contributed by atoms with Gasteiger partial charge in [0, 0.05) is 6.04 Å². The van der Waals surface area contributed by atoms with Crippen LogP contribution in [0.1, 0.15) is 77.0 Å². The van der Waals surface area contributed by atoms with Gasteiger partial charge < -0.3 is 20.7 Å². The Morgan fingerprint density at radius 1 is 1.19 bits per heavy atom. The number of nitriles is 1. The number of rotatable bonds is 6. The molecule has 2 aliphatic heterocycles. The topological polar surface area (TPSA) is 108 Å². The van der Waals surface area contributed by atoms with E-state index in [4.69, 9.17) is 10.5 Å². The first-order valence-corrected chi connectivity index (χ1v) is 12.9. The number of nitrogens with one attached hydrogen (secondary N) is 1. The van der Waals surface area contributed by atoms with E-state index in [0.717, 1.165) is 77.2 Å². The fourth-order valence-corrected chi connectivity index (χ4v) is 7.46. The van der Waals surface area contributed by atoms with Crippen LogP contribution in [0.4, 0.5) is 0 Å². The van der Waals surface area contributed by atoms with Crippen LogP contribution in [-0.2, 0) is 14.3 Å².